The molecule has 0 aliphatic heterocycles. The molecule has 5 nitrogen and oxygen atoms in total. The number of nitrogens with zero attached hydrogens (tertiary/aromatic N) is 3. The quantitative estimate of drug-likeness (QED) is 0.382. The zero-order valence-electron chi connectivity index (χ0n) is 11.1. The molecule has 1 aromatic carbocycles. The summed E-state index contributed by atoms with van der Waals surface area (Å²) >= 11 is 0. The fraction of sp³-hybridized carbons (Fsp3) is 0.286. The van der Waals surface area contributed by atoms with Gasteiger partial charge < -0.3 is 15.5 Å². The number of hydrogen-bond acceptors (Lipinski definition) is 3. The second-order valence-electron chi connectivity index (χ2n) is 4.76. The topological polar surface area (TPSA) is 76.4 Å². The Balaban J connectivity index is 2.20. The highest BCUT2D eigenvalue weighted by Gasteiger charge is 2.08. The molecule has 2 rings (SSSR count). The van der Waals surface area contributed by atoms with Crippen molar-refractivity contribution in [1.29, 1.82) is 0 Å². The van der Waals surface area contributed by atoms with Crippen molar-refractivity contribution < 1.29 is 5.21 Å². The zero-order valence-corrected chi connectivity index (χ0v) is 11.1. The summed E-state index contributed by atoms with van der Waals surface area (Å²) in [6.07, 6.45) is 3.44. The van der Waals surface area contributed by atoms with Crippen molar-refractivity contribution in [3.05, 3.63) is 53.6 Å². The molecule has 0 unspecified atom stereocenters. The summed E-state index contributed by atoms with van der Waals surface area (Å²) < 4.78 is 1.85. The third-order valence-electron chi connectivity index (χ3n) is 3.05. The molecule has 5 heteroatoms. The molecular weight excluding hydrogens is 240 g/mol. The lowest BCUT2D eigenvalue weighted by molar-refractivity contribution is 0.318. The third kappa shape index (κ3) is 2.93. The third-order valence-corrected chi connectivity index (χ3v) is 3.05. The molecule has 0 bridgehead atoms. The van der Waals surface area contributed by atoms with E-state index in [1.807, 2.05) is 10.8 Å². The van der Waals surface area contributed by atoms with Gasteiger partial charge in [0.05, 0.1) is 0 Å². The van der Waals surface area contributed by atoms with E-state index in [0.29, 0.717) is 18.3 Å². The van der Waals surface area contributed by atoms with Gasteiger partial charge in [-0.2, -0.15) is 0 Å². The Morgan fingerprint density at radius 3 is 2.63 bits per heavy atom. The minimum Gasteiger partial charge on any atom is -0.409 e. The van der Waals surface area contributed by atoms with E-state index in [2.05, 4.69) is 48.3 Å². The molecule has 0 aliphatic carbocycles. The molecule has 0 saturated carbocycles. The predicted octanol–water partition coefficient (Wildman–Crippen LogP) is 2.15. The summed E-state index contributed by atoms with van der Waals surface area (Å²) in [5.74, 6) is 1.01. The van der Waals surface area contributed by atoms with E-state index in [4.69, 9.17) is 10.9 Å². The van der Waals surface area contributed by atoms with Crippen molar-refractivity contribution in [3.8, 4) is 0 Å². The Kier molecular flexibility index (Phi) is 3.85. The number of amidine groups is 1. The number of aromatic nitrogens is 2. The van der Waals surface area contributed by atoms with Crippen molar-refractivity contribution >= 4 is 5.84 Å². The molecule has 0 saturated heterocycles. The monoisotopic (exact) mass is 258 g/mol. The maximum Gasteiger partial charge on any atom is 0.206 e. The smallest absolute Gasteiger partial charge is 0.206 e. The van der Waals surface area contributed by atoms with Crippen LogP contribution in [0.3, 0.4) is 0 Å². The van der Waals surface area contributed by atoms with E-state index in [-0.39, 0.29) is 5.84 Å². The summed E-state index contributed by atoms with van der Waals surface area (Å²) in [5.41, 5.74) is 8.03. The first-order valence-corrected chi connectivity index (χ1v) is 6.19. The largest absolute Gasteiger partial charge is 0.409 e. The number of nitrogens with two attached hydrogens (primary N) is 1. The van der Waals surface area contributed by atoms with Gasteiger partial charge in [0, 0.05) is 18.9 Å². The Morgan fingerprint density at radius 2 is 2.05 bits per heavy atom. The van der Waals surface area contributed by atoms with Crippen LogP contribution in [-0.4, -0.2) is 20.6 Å². The van der Waals surface area contributed by atoms with Gasteiger partial charge in [-0.25, -0.2) is 4.98 Å². The number of imidazole rings is 1. The van der Waals surface area contributed by atoms with Gasteiger partial charge in [-0.3, -0.25) is 0 Å². The van der Waals surface area contributed by atoms with E-state index in [1.165, 1.54) is 5.56 Å². The van der Waals surface area contributed by atoms with Gasteiger partial charge in [-0.15, -0.1) is 0 Å². The van der Waals surface area contributed by atoms with E-state index < -0.39 is 0 Å². The summed E-state index contributed by atoms with van der Waals surface area (Å²) in [5, 5.41) is 11.7. The number of hydrogen-bond donors (Lipinski definition) is 2. The first-order chi connectivity index (χ1) is 9.11. The predicted molar refractivity (Wildman–Crippen MR) is 74.4 cm³/mol. The molecule has 1 aromatic heterocycles. The van der Waals surface area contributed by atoms with Gasteiger partial charge in [0.25, 0.3) is 0 Å². The highest BCUT2D eigenvalue weighted by Crippen LogP contribution is 2.15. The fourth-order valence-electron chi connectivity index (χ4n) is 1.92. The maximum absolute atomic E-state index is 8.70. The van der Waals surface area contributed by atoms with Gasteiger partial charge in [-0.1, -0.05) is 43.3 Å². The molecule has 0 atom stereocenters. The molecule has 1 heterocycles. The van der Waals surface area contributed by atoms with Gasteiger partial charge in [-0.05, 0) is 17.0 Å². The minimum absolute atomic E-state index is 0.0174. The first kappa shape index (κ1) is 13.1. The highest BCUT2D eigenvalue weighted by atomic mass is 16.4. The lowest BCUT2D eigenvalue weighted by Gasteiger charge is -2.09. The Morgan fingerprint density at radius 1 is 1.37 bits per heavy atom. The average Bonchev–Trinajstić information content (AvgIpc) is 2.86. The number of rotatable bonds is 4. The molecule has 0 aliphatic rings. The normalized spacial score (nSPS) is 12.1. The standard InChI is InChI=1S/C14H18N4O/c1-10(2)12-5-3-11(4-6-12)9-18-8-7-16-14(18)13(15)17-19/h3-8,10,19H,9H2,1-2H3,(H2,15,17). The lowest BCUT2D eigenvalue weighted by atomic mass is 10.0. The zero-order chi connectivity index (χ0) is 13.8. The van der Waals surface area contributed by atoms with Gasteiger partial charge in [0.1, 0.15) is 0 Å². The van der Waals surface area contributed by atoms with Crippen molar-refractivity contribution in [2.24, 2.45) is 10.9 Å². The fourth-order valence-corrected chi connectivity index (χ4v) is 1.92. The Hall–Kier alpha value is -2.30. The van der Waals surface area contributed by atoms with Crippen molar-refractivity contribution in [2.75, 3.05) is 0 Å². The van der Waals surface area contributed by atoms with Crippen molar-refractivity contribution in [2.45, 2.75) is 26.3 Å². The summed E-state index contributed by atoms with van der Waals surface area (Å²) in [6, 6.07) is 8.43. The van der Waals surface area contributed by atoms with Crippen LogP contribution in [0.1, 0.15) is 36.7 Å². The highest BCUT2D eigenvalue weighted by molar-refractivity contribution is 5.93. The van der Waals surface area contributed by atoms with Crippen molar-refractivity contribution in [1.82, 2.24) is 9.55 Å². The maximum atomic E-state index is 8.70. The van der Waals surface area contributed by atoms with Gasteiger partial charge in [0.15, 0.2) is 5.82 Å². The minimum atomic E-state index is 0.0174. The van der Waals surface area contributed by atoms with Crippen LogP contribution >= 0.6 is 0 Å². The summed E-state index contributed by atoms with van der Waals surface area (Å²) in [7, 11) is 0. The molecule has 2 aromatic rings. The van der Waals surface area contributed by atoms with Crippen LogP contribution in [0.25, 0.3) is 0 Å². The van der Waals surface area contributed by atoms with Crippen LogP contribution in [0, 0.1) is 0 Å². The SMILES string of the molecule is CC(C)c1ccc(Cn2ccnc2C(N)=NO)cc1. The molecule has 3 N–H and O–H groups in total. The molecular formula is C14H18N4O. The molecule has 0 amide bonds. The molecule has 0 radical (unpaired) electrons. The van der Waals surface area contributed by atoms with E-state index in [1.54, 1.807) is 6.20 Å². The van der Waals surface area contributed by atoms with Crippen molar-refractivity contribution in [3.63, 3.8) is 0 Å². The van der Waals surface area contributed by atoms with Crippen LogP contribution < -0.4 is 5.73 Å². The van der Waals surface area contributed by atoms with Crippen LogP contribution in [0.4, 0.5) is 0 Å². The molecule has 0 spiro atoms. The molecule has 100 valence electrons. The van der Waals surface area contributed by atoms with Crippen LogP contribution in [0.15, 0.2) is 41.8 Å². The average molecular weight is 258 g/mol. The second-order valence-corrected chi connectivity index (χ2v) is 4.76. The number of benzene rings is 1. The molecule has 0 fully saturated rings. The summed E-state index contributed by atoms with van der Waals surface area (Å²) in [6.45, 7) is 4.98. The van der Waals surface area contributed by atoms with Crippen LogP contribution in [0.5, 0.6) is 0 Å². The lowest BCUT2D eigenvalue weighted by Crippen LogP contribution is -2.19. The van der Waals surface area contributed by atoms with Gasteiger partial charge in [0.2, 0.25) is 5.84 Å². The first-order valence-electron chi connectivity index (χ1n) is 6.19. The van der Waals surface area contributed by atoms with E-state index >= 15 is 0 Å². The van der Waals surface area contributed by atoms with E-state index in [0.717, 1.165) is 5.56 Å². The Labute approximate surface area is 112 Å². The Bertz CT molecular complexity index is 569. The second kappa shape index (κ2) is 5.56. The van der Waals surface area contributed by atoms with Crippen LogP contribution in [0.2, 0.25) is 0 Å². The number of oxime groups is 1. The van der Waals surface area contributed by atoms with Gasteiger partial charge >= 0.3 is 0 Å². The molecule has 19 heavy (non-hydrogen) atoms. The summed E-state index contributed by atoms with van der Waals surface area (Å²) in [4.78, 5) is 4.08. The van der Waals surface area contributed by atoms with Crippen LogP contribution in [-0.2, 0) is 6.54 Å². The van der Waals surface area contributed by atoms with E-state index in [9.17, 15) is 0 Å².